The summed E-state index contributed by atoms with van der Waals surface area (Å²) in [6.07, 6.45) is 0. The second kappa shape index (κ2) is 3.22. The molecular weight excluding hydrogens is 134 g/mol. The van der Waals surface area contributed by atoms with Crippen molar-refractivity contribution in [1.82, 2.24) is 5.32 Å². The second-order valence-electron chi connectivity index (χ2n) is 2.17. The molecule has 1 aliphatic rings. The molecule has 1 saturated heterocycles. The predicted octanol–water partition coefficient (Wildman–Crippen LogP) is 0.280. The Morgan fingerprint density at radius 1 is 1.78 bits per heavy atom. The minimum atomic E-state index is 0.221. The highest BCUT2D eigenvalue weighted by molar-refractivity contribution is 8.00. The molecule has 0 unspecified atom stereocenters. The molecule has 1 fully saturated rings. The van der Waals surface area contributed by atoms with Gasteiger partial charge in [-0.3, -0.25) is 4.79 Å². The van der Waals surface area contributed by atoms with Gasteiger partial charge in [-0.1, -0.05) is 0 Å². The smallest absolute Gasteiger partial charge is 0.144 e. The van der Waals surface area contributed by atoms with Gasteiger partial charge in [0.1, 0.15) is 5.78 Å². The lowest BCUT2D eigenvalue weighted by atomic mass is 10.3. The summed E-state index contributed by atoms with van der Waals surface area (Å²) in [4.78, 5) is 10.7. The van der Waals surface area contributed by atoms with Crippen molar-refractivity contribution in [3.8, 4) is 0 Å². The first-order valence-electron chi connectivity index (χ1n) is 3.13. The Labute approximate surface area is 59.4 Å². The summed E-state index contributed by atoms with van der Waals surface area (Å²) in [5, 5.41) is 3.40. The molecule has 1 aliphatic heterocycles. The van der Waals surface area contributed by atoms with Gasteiger partial charge < -0.3 is 5.32 Å². The van der Waals surface area contributed by atoms with E-state index in [-0.39, 0.29) is 5.25 Å². The molecule has 0 aromatic rings. The van der Waals surface area contributed by atoms with Gasteiger partial charge in [-0.15, -0.1) is 11.8 Å². The van der Waals surface area contributed by atoms with Crippen LogP contribution in [0.3, 0.4) is 0 Å². The third kappa shape index (κ3) is 1.99. The number of hydrogen-bond donors (Lipinski definition) is 1. The van der Waals surface area contributed by atoms with Crippen LogP contribution in [0, 0.1) is 0 Å². The average Bonchev–Trinajstić information content (AvgIpc) is 1.90. The summed E-state index contributed by atoms with van der Waals surface area (Å²) >= 11 is 1.76. The summed E-state index contributed by atoms with van der Waals surface area (Å²) in [6, 6.07) is 0. The molecule has 1 N–H and O–H groups in total. The second-order valence-corrected chi connectivity index (χ2v) is 3.48. The number of ketones is 1. The molecule has 9 heavy (non-hydrogen) atoms. The zero-order valence-corrected chi connectivity index (χ0v) is 6.33. The molecule has 2 nitrogen and oxygen atoms in total. The Morgan fingerprint density at radius 3 is 2.89 bits per heavy atom. The lowest BCUT2D eigenvalue weighted by Crippen LogP contribution is -2.36. The van der Waals surface area contributed by atoms with Gasteiger partial charge in [0.15, 0.2) is 0 Å². The molecule has 1 atom stereocenters. The van der Waals surface area contributed by atoms with E-state index in [2.05, 4.69) is 5.32 Å². The van der Waals surface area contributed by atoms with Crippen LogP contribution in [0.5, 0.6) is 0 Å². The van der Waals surface area contributed by atoms with Gasteiger partial charge in [0.05, 0.1) is 5.25 Å². The van der Waals surface area contributed by atoms with E-state index in [0.717, 1.165) is 18.8 Å². The maximum absolute atomic E-state index is 10.7. The number of Topliss-reactive ketones (excluding diaryl/α,β-unsaturated/α-hetero) is 1. The van der Waals surface area contributed by atoms with E-state index in [1.54, 1.807) is 18.7 Å². The van der Waals surface area contributed by atoms with Gasteiger partial charge in [0.25, 0.3) is 0 Å². The topological polar surface area (TPSA) is 29.1 Å². The van der Waals surface area contributed by atoms with Crippen molar-refractivity contribution in [2.24, 2.45) is 0 Å². The summed E-state index contributed by atoms with van der Waals surface area (Å²) in [6.45, 7) is 3.57. The van der Waals surface area contributed by atoms with E-state index in [1.807, 2.05) is 0 Å². The van der Waals surface area contributed by atoms with E-state index in [1.165, 1.54) is 0 Å². The molecular formula is C6H11NOS. The van der Waals surface area contributed by atoms with E-state index >= 15 is 0 Å². The SMILES string of the molecule is CC(=O)[C@@H]1CNCCS1. The first kappa shape index (κ1) is 7.09. The molecule has 0 radical (unpaired) electrons. The number of rotatable bonds is 1. The molecule has 1 rings (SSSR count). The van der Waals surface area contributed by atoms with Crippen LogP contribution in [-0.2, 0) is 4.79 Å². The molecule has 3 heteroatoms. The van der Waals surface area contributed by atoms with Crippen LogP contribution in [-0.4, -0.2) is 29.9 Å². The van der Waals surface area contributed by atoms with Crippen LogP contribution in [0.1, 0.15) is 6.92 Å². The van der Waals surface area contributed by atoms with E-state index in [0.29, 0.717) is 5.78 Å². The lowest BCUT2D eigenvalue weighted by Gasteiger charge is -2.19. The van der Waals surface area contributed by atoms with Crippen molar-refractivity contribution in [2.45, 2.75) is 12.2 Å². The lowest BCUT2D eigenvalue weighted by molar-refractivity contribution is -0.116. The largest absolute Gasteiger partial charge is 0.314 e. The Bertz CT molecular complexity index is 110. The molecule has 0 saturated carbocycles. The Morgan fingerprint density at radius 2 is 2.56 bits per heavy atom. The highest BCUT2D eigenvalue weighted by Crippen LogP contribution is 2.13. The van der Waals surface area contributed by atoms with Crippen molar-refractivity contribution < 1.29 is 4.79 Å². The fraction of sp³-hybridized carbons (Fsp3) is 0.833. The van der Waals surface area contributed by atoms with Crippen LogP contribution in [0.4, 0.5) is 0 Å². The average molecular weight is 145 g/mol. The van der Waals surface area contributed by atoms with E-state index < -0.39 is 0 Å². The van der Waals surface area contributed by atoms with Gasteiger partial charge in [-0.25, -0.2) is 0 Å². The molecule has 0 spiro atoms. The highest BCUT2D eigenvalue weighted by Gasteiger charge is 2.16. The normalized spacial score (nSPS) is 27.9. The highest BCUT2D eigenvalue weighted by atomic mass is 32.2. The summed E-state index contributed by atoms with van der Waals surface area (Å²) in [5.74, 6) is 1.37. The van der Waals surface area contributed by atoms with E-state index in [4.69, 9.17) is 0 Å². The maximum Gasteiger partial charge on any atom is 0.144 e. The van der Waals surface area contributed by atoms with Crippen LogP contribution < -0.4 is 5.32 Å². The summed E-state index contributed by atoms with van der Waals surface area (Å²) < 4.78 is 0. The first-order valence-corrected chi connectivity index (χ1v) is 4.18. The van der Waals surface area contributed by atoms with Crippen molar-refractivity contribution in [1.29, 1.82) is 0 Å². The van der Waals surface area contributed by atoms with E-state index in [9.17, 15) is 4.79 Å². The molecule has 1 heterocycles. The molecule has 0 aromatic heterocycles. The third-order valence-electron chi connectivity index (χ3n) is 1.38. The van der Waals surface area contributed by atoms with Crippen LogP contribution in [0.25, 0.3) is 0 Å². The van der Waals surface area contributed by atoms with Crippen molar-refractivity contribution in [3.63, 3.8) is 0 Å². The Balaban J connectivity index is 2.31. The molecule has 0 aliphatic carbocycles. The summed E-state index contributed by atoms with van der Waals surface area (Å²) in [5.41, 5.74) is 0. The van der Waals surface area contributed by atoms with Gasteiger partial charge in [-0.2, -0.15) is 0 Å². The zero-order chi connectivity index (χ0) is 6.69. The number of carbonyl (C=O) groups is 1. The monoisotopic (exact) mass is 145 g/mol. The van der Waals surface area contributed by atoms with Gasteiger partial charge in [0.2, 0.25) is 0 Å². The standard InChI is InChI=1S/C6H11NOS/c1-5(8)6-4-7-2-3-9-6/h6-7H,2-4H2,1H3/t6-/m0/s1. The van der Waals surface area contributed by atoms with Crippen LogP contribution in [0.15, 0.2) is 0 Å². The van der Waals surface area contributed by atoms with Crippen molar-refractivity contribution in [2.75, 3.05) is 18.8 Å². The van der Waals surface area contributed by atoms with Gasteiger partial charge >= 0.3 is 0 Å². The Kier molecular flexibility index (Phi) is 2.54. The minimum absolute atomic E-state index is 0.221. The third-order valence-corrected chi connectivity index (χ3v) is 2.72. The molecule has 0 bridgehead atoms. The molecule has 0 aromatic carbocycles. The van der Waals surface area contributed by atoms with Gasteiger partial charge in [-0.05, 0) is 6.92 Å². The van der Waals surface area contributed by atoms with Crippen LogP contribution >= 0.6 is 11.8 Å². The summed E-state index contributed by atoms with van der Waals surface area (Å²) in [7, 11) is 0. The van der Waals surface area contributed by atoms with Crippen LogP contribution in [0.2, 0.25) is 0 Å². The Hall–Kier alpha value is -0.0200. The maximum atomic E-state index is 10.7. The molecule has 52 valence electrons. The number of thioether (sulfide) groups is 1. The first-order chi connectivity index (χ1) is 4.30. The number of hydrogen-bond acceptors (Lipinski definition) is 3. The van der Waals surface area contributed by atoms with Gasteiger partial charge in [0, 0.05) is 18.8 Å². The fourth-order valence-electron chi connectivity index (χ4n) is 0.827. The molecule has 0 amide bonds. The fourth-order valence-corrected chi connectivity index (χ4v) is 1.84. The predicted molar refractivity (Wildman–Crippen MR) is 39.8 cm³/mol. The zero-order valence-electron chi connectivity index (χ0n) is 5.52. The minimum Gasteiger partial charge on any atom is -0.314 e. The van der Waals surface area contributed by atoms with Crippen molar-refractivity contribution >= 4 is 17.5 Å². The quantitative estimate of drug-likeness (QED) is 0.574. The number of nitrogens with one attached hydrogen (secondary N) is 1. The van der Waals surface area contributed by atoms with Crippen molar-refractivity contribution in [3.05, 3.63) is 0 Å². The number of carbonyl (C=O) groups excluding carboxylic acids is 1.